The van der Waals surface area contributed by atoms with Crippen LogP contribution in [-0.2, 0) is 0 Å². The summed E-state index contributed by atoms with van der Waals surface area (Å²) in [6, 6.07) is 18.5. The van der Waals surface area contributed by atoms with Crippen LogP contribution in [0, 0.1) is 0 Å². The van der Waals surface area contributed by atoms with Crippen molar-refractivity contribution >= 4 is 0 Å². The van der Waals surface area contributed by atoms with Gasteiger partial charge in [0.25, 0.3) is 0 Å². The van der Waals surface area contributed by atoms with Crippen molar-refractivity contribution in [1.82, 2.24) is 0 Å². The average Bonchev–Trinajstić information content (AvgIpc) is 2.39. The van der Waals surface area contributed by atoms with Crippen LogP contribution in [0.2, 0.25) is 0 Å². The Kier molecular flexibility index (Phi) is 4.23. The molecular formula is C17H21NO. The molecule has 2 aromatic carbocycles. The molecule has 19 heavy (non-hydrogen) atoms. The molecule has 2 nitrogen and oxygen atoms in total. The van der Waals surface area contributed by atoms with Crippen molar-refractivity contribution in [3.8, 4) is 16.9 Å². The molecular weight excluding hydrogens is 234 g/mol. The van der Waals surface area contributed by atoms with Gasteiger partial charge in [-0.15, -0.1) is 0 Å². The summed E-state index contributed by atoms with van der Waals surface area (Å²) in [5.74, 6) is 0.893. The molecule has 2 rings (SSSR count). The molecule has 0 spiro atoms. The summed E-state index contributed by atoms with van der Waals surface area (Å²) >= 11 is 0. The standard InChI is InChI=1S/C17H21NO/c1-17(2,18)12-13-19-16-10-8-15(9-11-16)14-6-4-3-5-7-14/h3-11H,12-13,18H2,1-2H3. The first-order chi connectivity index (χ1) is 9.04. The number of hydrogen-bond donors (Lipinski definition) is 1. The minimum absolute atomic E-state index is 0.177. The molecule has 2 heteroatoms. The van der Waals surface area contributed by atoms with Gasteiger partial charge >= 0.3 is 0 Å². The fourth-order valence-corrected chi connectivity index (χ4v) is 1.81. The van der Waals surface area contributed by atoms with Crippen molar-refractivity contribution in [3.63, 3.8) is 0 Å². The summed E-state index contributed by atoms with van der Waals surface area (Å²) in [6.45, 7) is 4.66. The molecule has 0 radical (unpaired) electrons. The quantitative estimate of drug-likeness (QED) is 0.880. The SMILES string of the molecule is CC(C)(N)CCOc1ccc(-c2ccccc2)cc1. The van der Waals surface area contributed by atoms with Crippen LogP contribution < -0.4 is 10.5 Å². The average molecular weight is 255 g/mol. The molecule has 0 aliphatic rings. The molecule has 0 fully saturated rings. The van der Waals surface area contributed by atoms with Crippen molar-refractivity contribution in [2.45, 2.75) is 25.8 Å². The second kappa shape index (κ2) is 5.89. The highest BCUT2D eigenvalue weighted by Gasteiger charge is 2.10. The fourth-order valence-electron chi connectivity index (χ4n) is 1.81. The first kappa shape index (κ1) is 13.6. The lowest BCUT2D eigenvalue weighted by atomic mass is 10.0. The molecule has 2 aromatic rings. The number of rotatable bonds is 5. The van der Waals surface area contributed by atoms with E-state index in [1.807, 2.05) is 44.2 Å². The van der Waals surface area contributed by atoms with E-state index in [-0.39, 0.29) is 5.54 Å². The molecule has 0 unspecified atom stereocenters. The molecule has 0 aliphatic carbocycles. The zero-order valence-corrected chi connectivity index (χ0v) is 11.6. The normalized spacial score (nSPS) is 11.3. The van der Waals surface area contributed by atoms with Crippen LogP contribution in [0.25, 0.3) is 11.1 Å². The van der Waals surface area contributed by atoms with E-state index < -0.39 is 0 Å². The third-order valence-electron chi connectivity index (χ3n) is 2.98. The van der Waals surface area contributed by atoms with Crippen LogP contribution in [0.5, 0.6) is 5.75 Å². The van der Waals surface area contributed by atoms with Crippen LogP contribution >= 0.6 is 0 Å². The van der Waals surface area contributed by atoms with Crippen LogP contribution in [0.3, 0.4) is 0 Å². The molecule has 0 heterocycles. The van der Waals surface area contributed by atoms with Gasteiger partial charge in [0.05, 0.1) is 6.61 Å². The third-order valence-corrected chi connectivity index (χ3v) is 2.98. The number of benzene rings is 2. The molecule has 0 saturated heterocycles. The highest BCUT2D eigenvalue weighted by molar-refractivity contribution is 5.63. The summed E-state index contributed by atoms with van der Waals surface area (Å²) in [4.78, 5) is 0. The number of hydrogen-bond acceptors (Lipinski definition) is 2. The van der Waals surface area contributed by atoms with Gasteiger partial charge in [0.2, 0.25) is 0 Å². The van der Waals surface area contributed by atoms with Crippen molar-refractivity contribution in [1.29, 1.82) is 0 Å². The second-order valence-corrected chi connectivity index (χ2v) is 5.48. The van der Waals surface area contributed by atoms with Gasteiger partial charge in [-0.2, -0.15) is 0 Å². The monoisotopic (exact) mass is 255 g/mol. The van der Waals surface area contributed by atoms with E-state index in [0.29, 0.717) is 6.61 Å². The summed E-state index contributed by atoms with van der Waals surface area (Å²) in [5.41, 5.74) is 8.16. The maximum absolute atomic E-state index is 5.92. The van der Waals surface area contributed by atoms with E-state index in [4.69, 9.17) is 10.5 Å². The van der Waals surface area contributed by atoms with Gasteiger partial charge in [0.15, 0.2) is 0 Å². The summed E-state index contributed by atoms with van der Waals surface area (Å²) in [6.07, 6.45) is 0.841. The van der Waals surface area contributed by atoms with Crippen molar-refractivity contribution in [2.24, 2.45) is 5.73 Å². The maximum Gasteiger partial charge on any atom is 0.119 e. The minimum atomic E-state index is -0.177. The van der Waals surface area contributed by atoms with E-state index >= 15 is 0 Å². The van der Waals surface area contributed by atoms with Crippen LogP contribution in [-0.4, -0.2) is 12.1 Å². The Labute approximate surface area is 115 Å². The molecule has 0 aromatic heterocycles. The Morgan fingerprint density at radius 3 is 2.05 bits per heavy atom. The van der Waals surface area contributed by atoms with Crippen molar-refractivity contribution in [3.05, 3.63) is 54.6 Å². The largest absolute Gasteiger partial charge is 0.494 e. The van der Waals surface area contributed by atoms with E-state index in [2.05, 4.69) is 24.3 Å². The molecule has 0 amide bonds. The van der Waals surface area contributed by atoms with Gasteiger partial charge in [-0.25, -0.2) is 0 Å². The predicted octanol–water partition coefficient (Wildman–Crippen LogP) is 3.86. The Morgan fingerprint density at radius 1 is 0.895 bits per heavy atom. The smallest absolute Gasteiger partial charge is 0.119 e. The molecule has 0 aliphatic heterocycles. The number of ether oxygens (including phenoxy) is 1. The zero-order chi connectivity index (χ0) is 13.7. The Hall–Kier alpha value is -1.80. The number of nitrogens with two attached hydrogens (primary N) is 1. The summed E-state index contributed by atoms with van der Waals surface area (Å²) in [7, 11) is 0. The van der Waals surface area contributed by atoms with E-state index in [1.54, 1.807) is 0 Å². The first-order valence-corrected chi connectivity index (χ1v) is 6.62. The molecule has 0 bridgehead atoms. The highest BCUT2D eigenvalue weighted by Crippen LogP contribution is 2.22. The Morgan fingerprint density at radius 2 is 1.47 bits per heavy atom. The minimum Gasteiger partial charge on any atom is -0.494 e. The first-order valence-electron chi connectivity index (χ1n) is 6.62. The maximum atomic E-state index is 5.92. The predicted molar refractivity (Wildman–Crippen MR) is 80.3 cm³/mol. The molecule has 2 N–H and O–H groups in total. The van der Waals surface area contributed by atoms with Gasteiger partial charge in [0, 0.05) is 5.54 Å². The van der Waals surface area contributed by atoms with Gasteiger partial charge in [-0.05, 0) is 43.5 Å². The van der Waals surface area contributed by atoms with Crippen molar-refractivity contribution < 1.29 is 4.74 Å². The van der Waals surface area contributed by atoms with Crippen LogP contribution in [0.1, 0.15) is 20.3 Å². The lowest BCUT2D eigenvalue weighted by Crippen LogP contribution is -2.33. The van der Waals surface area contributed by atoms with Gasteiger partial charge in [-0.3, -0.25) is 0 Å². The third kappa shape index (κ3) is 4.42. The zero-order valence-electron chi connectivity index (χ0n) is 11.6. The summed E-state index contributed by atoms with van der Waals surface area (Å²) in [5, 5.41) is 0. The molecule has 100 valence electrons. The van der Waals surface area contributed by atoms with E-state index in [0.717, 1.165) is 12.2 Å². The lowest BCUT2D eigenvalue weighted by Gasteiger charge is -2.18. The lowest BCUT2D eigenvalue weighted by molar-refractivity contribution is 0.274. The Balaban J connectivity index is 1.96. The van der Waals surface area contributed by atoms with Gasteiger partial charge < -0.3 is 10.5 Å². The second-order valence-electron chi connectivity index (χ2n) is 5.48. The van der Waals surface area contributed by atoms with Crippen LogP contribution in [0.15, 0.2) is 54.6 Å². The highest BCUT2D eigenvalue weighted by atomic mass is 16.5. The topological polar surface area (TPSA) is 35.2 Å². The van der Waals surface area contributed by atoms with Gasteiger partial charge in [-0.1, -0.05) is 42.5 Å². The van der Waals surface area contributed by atoms with Crippen LogP contribution in [0.4, 0.5) is 0 Å². The van der Waals surface area contributed by atoms with E-state index in [9.17, 15) is 0 Å². The fraction of sp³-hybridized carbons (Fsp3) is 0.294. The van der Waals surface area contributed by atoms with E-state index in [1.165, 1.54) is 11.1 Å². The van der Waals surface area contributed by atoms with Crippen molar-refractivity contribution in [2.75, 3.05) is 6.61 Å². The molecule has 0 atom stereocenters. The molecule has 0 saturated carbocycles. The Bertz CT molecular complexity index is 497. The summed E-state index contributed by atoms with van der Waals surface area (Å²) < 4.78 is 5.69. The van der Waals surface area contributed by atoms with Gasteiger partial charge in [0.1, 0.15) is 5.75 Å².